The van der Waals surface area contributed by atoms with E-state index in [-0.39, 0.29) is 25.8 Å². The molecule has 0 bridgehead atoms. The molecule has 6 heteroatoms. The van der Waals surface area contributed by atoms with Gasteiger partial charge in [-0.2, -0.15) is 0 Å². The summed E-state index contributed by atoms with van der Waals surface area (Å²) in [5.41, 5.74) is 0. The summed E-state index contributed by atoms with van der Waals surface area (Å²) in [6.07, 6.45) is 0. The third kappa shape index (κ3) is 68.2. The normalized spacial score (nSPS) is 9.83. The first-order valence-corrected chi connectivity index (χ1v) is 3.01. The molecule has 0 aromatic carbocycles. The van der Waals surface area contributed by atoms with Crippen LogP contribution in [-0.2, 0) is 44.5 Å². The molecule has 0 aromatic heterocycles. The van der Waals surface area contributed by atoms with Gasteiger partial charge in [0.2, 0.25) is 0 Å². The van der Waals surface area contributed by atoms with Crippen LogP contribution in [0.2, 0.25) is 0 Å². The molecule has 0 saturated heterocycles. The van der Waals surface area contributed by atoms with E-state index >= 15 is 0 Å². The fourth-order valence-electron chi connectivity index (χ4n) is 0. The molecule has 0 amide bonds. The van der Waals surface area contributed by atoms with Crippen molar-refractivity contribution < 1.29 is 56.6 Å². The minimum atomic E-state index is -5.88. The molecule has 0 aliphatic heterocycles. The quantitative estimate of drug-likeness (QED) is 0.365. The third-order valence-electron chi connectivity index (χ3n) is 0. The van der Waals surface area contributed by atoms with E-state index in [4.69, 9.17) is 15.8 Å². The summed E-state index contributed by atoms with van der Waals surface area (Å²) in [4.78, 5) is 0. The minimum absolute atomic E-state index is 0. The standard InChI is InChI=1S/4O.Sc.V/q;3*-1;+3;. The first-order chi connectivity index (χ1) is 2.00. The van der Waals surface area contributed by atoms with E-state index in [1.807, 2.05) is 0 Å². The molecule has 0 aliphatic rings. The van der Waals surface area contributed by atoms with Crippen molar-refractivity contribution in [1.29, 1.82) is 0 Å². The summed E-state index contributed by atoms with van der Waals surface area (Å²) < 4.78 is 34.4. The molecular weight excluding hydrogens is 160 g/mol. The predicted octanol–water partition coefficient (Wildman–Crippen LogP) is -3.69. The van der Waals surface area contributed by atoms with Gasteiger partial charge in [0.25, 0.3) is 0 Å². The molecule has 0 radical (unpaired) electrons. The van der Waals surface area contributed by atoms with Gasteiger partial charge in [-0.05, 0) is 0 Å². The van der Waals surface area contributed by atoms with Crippen molar-refractivity contribution in [3.05, 3.63) is 0 Å². The van der Waals surface area contributed by atoms with E-state index in [1.54, 1.807) is 0 Å². The van der Waals surface area contributed by atoms with Crippen LogP contribution in [0.1, 0.15) is 0 Å². The zero-order valence-electron chi connectivity index (χ0n) is 2.66. The Morgan fingerprint density at radius 3 is 1.17 bits per heavy atom. The zero-order chi connectivity index (χ0) is 4.50. The van der Waals surface area contributed by atoms with E-state index < -0.39 is 15.0 Å². The van der Waals surface area contributed by atoms with E-state index in [0.717, 1.165) is 0 Å². The molecule has 0 N–H and O–H groups in total. The molecule has 0 aromatic rings. The Morgan fingerprint density at radius 2 is 1.17 bits per heavy atom. The van der Waals surface area contributed by atoms with Crippen molar-refractivity contribution in [1.82, 2.24) is 0 Å². The van der Waals surface area contributed by atoms with Gasteiger partial charge in [0.05, 0.1) is 0 Å². The second kappa shape index (κ2) is 3.18. The van der Waals surface area contributed by atoms with Crippen LogP contribution in [0.4, 0.5) is 0 Å². The van der Waals surface area contributed by atoms with Crippen molar-refractivity contribution in [2.24, 2.45) is 0 Å². The first kappa shape index (κ1) is 10.2. The number of hydrogen-bond donors (Lipinski definition) is 0. The van der Waals surface area contributed by atoms with Gasteiger partial charge in [-0.25, -0.2) is 0 Å². The molecule has 4 nitrogen and oxygen atoms in total. The molecule has 0 atom stereocenters. The van der Waals surface area contributed by atoms with Crippen molar-refractivity contribution in [3.63, 3.8) is 0 Å². The Balaban J connectivity index is 0. The molecule has 0 heterocycles. The summed E-state index contributed by atoms with van der Waals surface area (Å²) in [5, 5.41) is 0. The summed E-state index contributed by atoms with van der Waals surface area (Å²) in [6, 6.07) is 0. The van der Waals surface area contributed by atoms with E-state index in [9.17, 15) is 0 Å². The van der Waals surface area contributed by atoms with Crippen LogP contribution in [0.3, 0.4) is 0 Å². The van der Waals surface area contributed by atoms with Crippen molar-refractivity contribution in [3.8, 4) is 0 Å². The van der Waals surface area contributed by atoms with E-state index in [0.29, 0.717) is 0 Å². The van der Waals surface area contributed by atoms with Crippen molar-refractivity contribution in [2.75, 3.05) is 0 Å². The van der Waals surface area contributed by atoms with Crippen LogP contribution in [0.25, 0.3) is 0 Å². The molecule has 0 unspecified atom stereocenters. The second-order valence-corrected chi connectivity index (χ2v) is 1.84. The van der Waals surface area contributed by atoms with Crippen LogP contribution in [0.15, 0.2) is 0 Å². The second-order valence-electron chi connectivity index (χ2n) is 0.447. The summed E-state index contributed by atoms with van der Waals surface area (Å²) in [7, 11) is 0. The Kier molecular flexibility index (Phi) is 5.39. The fourth-order valence-corrected chi connectivity index (χ4v) is 0. The molecular formula is O4ScV. The van der Waals surface area contributed by atoms with Crippen molar-refractivity contribution in [2.45, 2.75) is 0 Å². The first-order valence-electron chi connectivity index (χ1n) is 0.730. The largest absolute Gasteiger partial charge is 3.00 e. The maximum Gasteiger partial charge on any atom is 3.00 e. The maximum absolute atomic E-state index is 8.61. The molecule has 0 saturated carbocycles. The maximum atomic E-state index is 8.61. The minimum Gasteiger partial charge on any atom is 3.00 e. The number of hydrogen-bond acceptors (Lipinski definition) is 4. The third-order valence-corrected chi connectivity index (χ3v) is 0. The Labute approximate surface area is 56.5 Å². The van der Waals surface area contributed by atoms with E-state index in [1.165, 1.54) is 0 Å². The SMILES string of the molecule is [O]=[V]([O-])([O-])[O-].[Sc+3]. The van der Waals surface area contributed by atoms with Crippen LogP contribution in [-0.4, -0.2) is 0 Å². The van der Waals surface area contributed by atoms with Gasteiger partial charge in [0, 0.05) is 0 Å². The van der Waals surface area contributed by atoms with Gasteiger partial charge < -0.3 is 0 Å². The zero-order valence-corrected chi connectivity index (χ0v) is 5.86. The van der Waals surface area contributed by atoms with Crippen molar-refractivity contribution >= 4 is 0 Å². The Hall–Kier alpha value is 1.13. The molecule has 0 aliphatic carbocycles. The molecule has 0 spiro atoms. The Morgan fingerprint density at radius 1 is 1.17 bits per heavy atom. The van der Waals surface area contributed by atoms with Gasteiger partial charge in [-0.1, -0.05) is 0 Å². The number of rotatable bonds is 0. The van der Waals surface area contributed by atoms with E-state index in [2.05, 4.69) is 0 Å². The molecule has 0 fully saturated rings. The van der Waals surface area contributed by atoms with Gasteiger partial charge in [0.15, 0.2) is 0 Å². The van der Waals surface area contributed by atoms with Gasteiger partial charge in [-0.3, -0.25) is 0 Å². The molecule has 6 heavy (non-hydrogen) atoms. The summed E-state index contributed by atoms with van der Waals surface area (Å²) >= 11 is -5.88. The Bertz CT molecular complexity index is 53.7. The average molecular weight is 160 g/mol. The predicted molar refractivity (Wildman–Crippen MR) is 0.686 cm³/mol. The smallest absolute Gasteiger partial charge is 3.00 e. The van der Waals surface area contributed by atoms with Gasteiger partial charge >= 0.3 is 56.6 Å². The average Bonchev–Trinajstić information content (AvgIpc) is 0.722. The monoisotopic (exact) mass is 160 g/mol. The van der Waals surface area contributed by atoms with Crippen LogP contribution in [0.5, 0.6) is 0 Å². The van der Waals surface area contributed by atoms with Crippen LogP contribution < -0.4 is 12.1 Å². The van der Waals surface area contributed by atoms with Crippen LogP contribution >= 0.6 is 0 Å². The molecule has 0 rings (SSSR count). The summed E-state index contributed by atoms with van der Waals surface area (Å²) in [6.45, 7) is 0. The fraction of sp³-hybridized carbons (Fsp3) is 0. The molecule has 32 valence electrons. The van der Waals surface area contributed by atoms with Crippen LogP contribution in [0, 0.1) is 0 Å². The summed E-state index contributed by atoms with van der Waals surface area (Å²) in [5.74, 6) is 0. The van der Waals surface area contributed by atoms with Gasteiger partial charge in [-0.15, -0.1) is 0 Å². The van der Waals surface area contributed by atoms with Gasteiger partial charge in [0.1, 0.15) is 0 Å². The topological polar surface area (TPSA) is 86.2 Å².